The Hall–Kier alpha value is -3.70. The number of halogens is 2. The predicted molar refractivity (Wildman–Crippen MR) is 146 cm³/mol. The molecule has 0 heterocycles. The molecule has 38 heavy (non-hydrogen) atoms. The zero-order valence-electron chi connectivity index (χ0n) is 20.1. The zero-order chi connectivity index (χ0) is 27.6. The number of nitrogens with zero attached hydrogens (tertiary/aromatic N) is 2. The van der Waals surface area contributed by atoms with Crippen LogP contribution < -0.4 is 10.1 Å². The van der Waals surface area contributed by atoms with Crippen molar-refractivity contribution in [2.75, 3.05) is 12.4 Å². The van der Waals surface area contributed by atoms with Crippen molar-refractivity contribution in [1.82, 2.24) is 0 Å². The molecule has 0 atom stereocenters. The standard InChI is InChI=1S/C26H21Cl2N3O6S/c1-3-14-10-16(27)12-22(38(34,35)36)23(14)30-31-24-18-7-5-4-6-15(18)11-19(25(24)32)26(33)29-21-9-8-17(37-2)13-20(21)28/h4-13,32H,3H2,1-2H3,(H,29,33)(H,34,35,36). The molecule has 4 rings (SSSR count). The fourth-order valence-electron chi connectivity index (χ4n) is 3.81. The number of carbonyl (C=O) groups excluding carboxylic acids is 1. The third-order valence-corrected chi connectivity index (χ3v) is 7.09. The minimum atomic E-state index is -4.70. The van der Waals surface area contributed by atoms with Crippen molar-refractivity contribution in [1.29, 1.82) is 0 Å². The van der Waals surface area contributed by atoms with E-state index in [4.69, 9.17) is 27.9 Å². The number of phenolic OH excluding ortho intramolecular Hbond substituents is 1. The Labute approximate surface area is 228 Å². The highest BCUT2D eigenvalue weighted by molar-refractivity contribution is 7.86. The molecule has 0 radical (unpaired) electrons. The van der Waals surface area contributed by atoms with Crippen LogP contribution in [0.5, 0.6) is 11.5 Å². The Bertz CT molecular complexity index is 1710. The largest absolute Gasteiger partial charge is 0.505 e. The van der Waals surface area contributed by atoms with Gasteiger partial charge < -0.3 is 15.2 Å². The maximum absolute atomic E-state index is 13.2. The van der Waals surface area contributed by atoms with Gasteiger partial charge in [-0.2, -0.15) is 8.42 Å². The van der Waals surface area contributed by atoms with E-state index in [0.29, 0.717) is 34.2 Å². The van der Waals surface area contributed by atoms with Gasteiger partial charge in [-0.15, -0.1) is 10.2 Å². The third-order valence-electron chi connectivity index (χ3n) is 5.69. The normalized spacial score (nSPS) is 11.7. The number of rotatable bonds is 7. The summed E-state index contributed by atoms with van der Waals surface area (Å²) in [6.07, 6.45) is 0.329. The molecule has 0 bridgehead atoms. The van der Waals surface area contributed by atoms with Crippen LogP contribution in [0.1, 0.15) is 22.8 Å². The van der Waals surface area contributed by atoms with Crippen molar-refractivity contribution < 1.29 is 27.6 Å². The van der Waals surface area contributed by atoms with E-state index in [1.807, 2.05) is 0 Å². The molecule has 0 spiro atoms. The highest BCUT2D eigenvalue weighted by Crippen LogP contribution is 2.41. The minimum Gasteiger partial charge on any atom is -0.505 e. The van der Waals surface area contributed by atoms with E-state index in [1.54, 1.807) is 43.3 Å². The Balaban J connectivity index is 1.85. The van der Waals surface area contributed by atoms with Crippen molar-refractivity contribution >= 4 is 67.1 Å². The summed E-state index contributed by atoms with van der Waals surface area (Å²) in [5.41, 5.74) is 0.363. The number of aromatic hydroxyl groups is 1. The number of carbonyl (C=O) groups is 1. The number of anilines is 1. The second-order valence-electron chi connectivity index (χ2n) is 8.08. The molecule has 12 heteroatoms. The topological polar surface area (TPSA) is 138 Å². The van der Waals surface area contributed by atoms with Gasteiger partial charge in [0.1, 0.15) is 22.0 Å². The fraction of sp³-hybridized carbons (Fsp3) is 0.115. The van der Waals surface area contributed by atoms with Gasteiger partial charge in [0, 0.05) is 16.5 Å². The number of hydrogen-bond donors (Lipinski definition) is 3. The van der Waals surface area contributed by atoms with Crippen molar-refractivity contribution in [3.05, 3.63) is 81.8 Å². The molecule has 0 aromatic heterocycles. The highest BCUT2D eigenvalue weighted by atomic mass is 35.5. The van der Waals surface area contributed by atoms with E-state index < -0.39 is 26.7 Å². The Kier molecular flexibility index (Phi) is 7.89. The lowest BCUT2D eigenvalue weighted by Crippen LogP contribution is -2.12. The molecule has 1 amide bonds. The smallest absolute Gasteiger partial charge is 0.296 e. The van der Waals surface area contributed by atoms with Gasteiger partial charge in [-0.1, -0.05) is 54.4 Å². The summed E-state index contributed by atoms with van der Waals surface area (Å²) in [6, 6.07) is 15.6. The molecule has 0 aliphatic rings. The van der Waals surface area contributed by atoms with Gasteiger partial charge >= 0.3 is 0 Å². The summed E-state index contributed by atoms with van der Waals surface area (Å²) in [5, 5.41) is 23.3. The van der Waals surface area contributed by atoms with Gasteiger partial charge in [0.05, 0.1) is 23.4 Å². The second kappa shape index (κ2) is 11.0. The first-order valence-electron chi connectivity index (χ1n) is 11.1. The van der Waals surface area contributed by atoms with Crippen LogP contribution in [-0.4, -0.2) is 31.1 Å². The number of phenols is 1. The van der Waals surface area contributed by atoms with Crippen LogP contribution in [-0.2, 0) is 16.5 Å². The average molecular weight is 574 g/mol. The maximum Gasteiger partial charge on any atom is 0.296 e. The van der Waals surface area contributed by atoms with E-state index in [-0.39, 0.29) is 27.0 Å². The molecule has 4 aromatic rings. The summed E-state index contributed by atoms with van der Waals surface area (Å²) in [4.78, 5) is 12.6. The molecule has 0 saturated carbocycles. The number of methoxy groups -OCH3 is 1. The highest BCUT2D eigenvalue weighted by Gasteiger charge is 2.22. The van der Waals surface area contributed by atoms with E-state index >= 15 is 0 Å². The van der Waals surface area contributed by atoms with Crippen LogP contribution in [0.2, 0.25) is 10.0 Å². The molecule has 4 aromatic carbocycles. The van der Waals surface area contributed by atoms with Gasteiger partial charge in [0.2, 0.25) is 0 Å². The Morgan fingerprint density at radius 1 is 1.03 bits per heavy atom. The first kappa shape index (κ1) is 27.3. The molecule has 0 aliphatic carbocycles. The van der Waals surface area contributed by atoms with Gasteiger partial charge in [0.15, 0.2) is 5.75 Å². The number of amides is 1. The van der Waals surface area contributed by atoms with E-state index in [2.05, 4.69) is 15.5 Å². The van der Waals surface area contributed by atoms with Gasteiger partial charge in [0.25, 0.3) is 16.0 Å². The number of aryl methyl sites for hydroxylation is 1. The van der Waals surface area contributed by atoms with Crippen molar-refractivity contribution in [2.24, 2.45) is 10.2 Å². The summed E-state index contributed by atoms with van der Waals surface area (Å²) < 4.78 is 38.9. The summed E-state index contributed by atoms with van der Waals surface area (Å²) >= 11 is 12.3. The second-order valence-corrected chi connectivity index (χ2v) is 10.3. The number of hydrogen-bond acceptors (Lipinski definition) is 7. The summed E-state index contributed by atoms with van der Waals surface area (Å²) in [5.74, 6) is -0.659. The molecule has 0 aliphatic heterocycles. The maximum atomic E-state index is 13.2. The predicted octanol–water partition coefficient (Wildman–Crippen LogP) is 7.34. The molecular weight excluding hydrogens is 553 g/mol. The Morgan fingerprint density at radius 2 is 1.74 bits per heavy atom. The number of nitrogens with one attached hydrogen (secondary N) is 1. The fourth-order valence-corrected chi connectivity index (χ4v) is 5.03. The van der Waals surface area contributed by atoms with Crippen molar-refractivity contribution in [3.8, 4) is 11.5 Å². The minimum absolute atomic E-state index is 0.0765. The summed E-state index contributed by atoms with van der Waals surface area (Å²) in [6.45, 7) is 1.75. The quantitative estimate of drug-likeness (QED) is 0.156. The zero-order valence-corrected chi connectivity index (χ0v) is 22.4. The van der Waals surface area contributed by atoms with E-state index in [9.17, 15) is 22.9 Å². The molecule has 196 valence electrons. The lowest BCUT2D eigenvalue weighted by molar-refractivity contribution is 0.102. The van der Waals surface area contributed by atoms with Crippen LogP contribution in [0.3, 0.4) is 0 Å². The number of azo groups is 1. The van der Waals surface area contributed by atoms with Crippen molar-refractivity contribution in [2.45, 2.75) is 18.2 Å². The van der Waals surface area contributed by atoms with Crippen LogP contribution in [0.25, 0.3) is 10.8 Å². The SMILES string of the molecule is CCc1cc(Cl)cc(S(=O)(=O)O)c1N=Nc1c(O)c(C(=O)Nc2ccc(OC)cc2Cl)cc2ccccc12. The van der Waals surface area contributed by atoms with Gasteiger partial charge in [-0.25, -0.2) is 0 Å². The van der Waals surface area contributed by atoms with Crippen LogP contribution >= 0.6 is 23.2 Å². The average Bonchev–Trinajstić information content (AvgIpc) is 2.88. The lowest BCUT2D eigenvalue weighted by atomic mass is 10.0. The van der Waals surface area contributed by atoms with Crippen LogP contribution in [0.4, 0.5) is 17.1 Å². The molecule has 3 N–H and O–H groups in total. The van der Waals surface area contributed by atoms with Gasteiger partial charge in [-0.3, -0.25) is 9.35 Å². The Morgan fingerprint density at radius 3 is 2.39 bits per heavy atom. The van der Waals surface area contributed by atoms with Crippen molar-refractivity contribution in [3.63, 3.8) is 0 Å². The molecule has 0 unspecified atom stereocenters. The molecule has 9 nitrogen and oxygen atoms in total. The lowest BCUT2D eigenvalue weighted by Gasteiger charge is -2.13. The molecular formula is C26H21Cl2N3O6S. The first-order valence-corrected chi connectivity index (χ1v) is 13.3. The van der Waals surface area contributed by atoms with Gasteiger partial charge in [-0.05, 0) is 47.7 Å². The molecule has 0 saturated heterocycles. The van der Waals surface area contributed by atoms with Crippen LogP contribution in [0, 0.1) is 0 Å². The number of fused-ring (bicyclic) bond motifs is 1. The third kappa shape index (κ3) is 5.58. The van der Waals surface area contributed by atoms with E-state index in [0.717, 1.165) is 6.07 Å². The monoisotopic (exact) mass is 573 g/mol. The number of ether oxygens (including phenoxy) is 1. The molecule has 0 fully saturated rings. The van der Waals surface area contributed by atoms with E-state index in [1.165, 1.54) is 25.3 Å². The van der Waals surface area contributed by atoms with Crippen LogP contribution in [0.15, 0.2) is 75.8 Å². The summed E-state index contributed by atoms with van der Waals surface area (Å²) in [7, 11) is -3.21. The first-order chi connectivity index (χ1) is 18.0. The number of benzene rings is 4.